The number of nitrogens with one attached hydrogen (secondary N) is 1. The normalized spacial score (nSPS) is 19.1. The summed E-state index contributed by atoms with van der Waals surface area (Å²) in [7, 11) is 1.28. The molecular formula is C26H23N3O5. The lowest BCUT2D eigenvalue weighted by molar-refractivity contribution is -0.120. The van der Waals surface area contributed by atoms with Gasteiger partial charge in [0.2, 0.25) is 11.8 Å². The maximum atomic E-state index is 13.4. The highest BCUT2D eigenvalue weighted by atomic mass is 16.5. The van der Waals surface area contributed by atoms with Crippen LogP contribution in [-0.2, 0) is 14.3 Å². The minimum atomic E-state index is -0.950. The van der Waals surface area contributed by atoms with Gasteiger partial charge in [0.1, 0.15) is 12.2 Å². The second-order valence-electron chi connectivity index (χ2n) is 8.64. The molecule has 1 fully saturated rings. The molecule has 34 heavy (non-hydrogen) atoms. The maximum Gasteiger partial charge on any atom is 0.339 e. The molecule has 1 unspecified atom stereocenters. The third-order valence-electron chi connectivity index (χ3n) is 6.61. The zero-order valence-electron chi connectivity index (χ0n) is 18.8. The molecule has 172 valence electrons. The summed E-state index contributed by atoms with van der Waals surface area (Å²) >= 11 is 0. The van der Waals surface area contributed by atoms with Crippen LogP contribution in [0, 0.1) is 0 Å². The second-order valence-corrected chi connectivity index (χ2v) is 8.64. The van der Waals surface area contributed by atoms with E-state index in [0.717, 1.165) is 10.8 Å². The van der Waals surface area contributed by atoms with Gasteiger partial charge in [0.15, 0.2) is 0 Å². The molecule has 0 aromatic heterocycles. The summed E-state index contributed by atoms with van der Waals surface area (Å²) in [6, 6.07) is 17.8. The van der Waals surface area contributed by atoms with E-state index in [1.165, 1.54) is 12.0 Å². The molecule has 1 atom stereocenters. The van der Waals surface area contributed by atoms with Crippen LogP contribution in [0.2, 0.25) is 0 Å². The van der Waals surface area contributed by atoms with Gasteiger partial charge in [0, 0.05) is 6.42 Å². The van der Waals surface area contributed by atoms with Crippen LogP contribution in [0.25, 0.3) is 10.8 Å². The number of ether oxygens (including phenoxy) is 1. The van der Waals surface area contributed by atoms with E-state index in [0.29, 0.717) is 23.4 Å². The van der Waals surface area contributed by atoms with Crippen molar-refractivity contribution < 1.29 is 23.9 Å². The first-order valence-electron chi connectivity index (χ1n) is 11.0. The number of carbonyl (C=O) groups excluding carboxylic acids is 4. The van der Waals surface area contributed by atoms with Crippen molar-refractivity contribution in [3.05, 3.63) is 71.8 Å². The fourth-order valence-corrected chi connectivity index (χ4v) is 4.90. The van der Waals surface area contributed by atoms with Crippen molar-refractivity contribution in [2.45, 2.75) is 25.4 Å². The van der Waals surface area contributed by atoms with Crippen molar-refractivity contribution in [3.63, 3.8) is 0 Å². The summed E-state index contributed by atoms with van der Waals surface area (Å²) in [6.45, 7) is 1.52. The van der Waals surface area contributed by atoms with Crippen molar-refractivity contribution in [2.75, 3.05) is 23.9 Å². The minimum Gasteiger partial charge on any atom is -0.465 e. The fourth-order valence-electron chi connectivity index (χ4n) is 4.90. The third-order valence-corrected chi connectivity index (χ3v) is 6.61. The van der Waals surface area contributed by atoms with E-state index in [9.17, 15) is 19.2 Å². The van der Waals surface area contributed by atoms with E-state index < -0.39 is 17.5 Å². The summed E-state index contributed by atoms with van der Waals surface area (Å²) < 4.78 is 4.90. The summed E-state index contributed by atoms with van der Waals surface area (Å²) in [4.78, 5) is 54.7. The number of benzene rings is 3. The highest BCUT2D eigenvalue weighted by Crippen LogP contribution is 2.43. The Bertz CT molecular complexity index is 1370. The lowest BCUT2D eigenvalue weighted by Gasteiger charge is -2.48. The maximum absolute atomic E-state index is 13.4. The Hall–Kier alpha value is -4.20. The SMILES string of the molecule is COC(=O)c1cc2ccccc2cc1NC(=O)CN1C(=O)c2ccccc2N2C(=O)CCC12C. The Morgan fingerprint density at radius 2 is 1.71 bits per heavy atom. The van der Waals surface area contributed by atoms with E-state index >= 15 is 0 Å². The third kappa shape index (κ3) is 3.30. The Balaban J connectivity index is 1.48. The molecule has 0 saturated carbocycles. The van der Waals surface area contributed by atoms with Gasteiger partial charge in [-0.2, -0.15) is 0 Å². The van der Waals surface area contributed by atoms with Gasteiger partial charge in [0.05, 0.1) is 29.6 Å². The highest BCUT2D eigenvalue weighted by Gasteiger charge is 2.53. The van der Waals surface area contributed by atoms with E-state index in [1.807, 2.05) is 24.3 Å². The van der Waals surface area contributed by atoms with Gasteiger partial charge in [0.25, 0.3) is 5.91 Å². The van der Waals surface area contributed by atoms with E-state index in [-0.39, 0.29) is 30.3 Å². The second kappa shape index (κ2) is 7.98. The predicted molar refractivity (Wildman–Crippen MR) is 127 cm³/mol. The standard InChI is InChI=1S/C26H23N3O5/c1-26-12-11-23(31)29(26)21-10-6-5-9-18(21)24(32)28(26)15-22(30)27-20-14-17-8-4-3-7-16(17)13-19(20)25(33)34-2/h3-10,13-14H,11-12,15H2,1-2H3,(H,27,30). The van der Waals surface area contributed by atoms with Crippen molar-refractivity contribution in [3.8, 4) is 0 Å². The smallest absolute Gasteiger partial charge is 0.339 e. The first-order chi connectivity index (χ1) is 16.3. The van der Waals surface area contributed by atoms with Crippen LogP contribution in [0.4, 0.5) is 11.4 Å². The number of hydrogen-bond donors (Lipinski definition) is 1. The molecule has 5 rings (SSSR count). The number of methoxy groups -OCH3 is 1. The summed E-state index contributed by atoms with van der Waals surface area (Å²) in [6.07, 6.45) is 0.704. The van der Waals surface area contributed by atoms with Crippen molar-refractivity contribution in [1.82, 2.24) is 4.90 Å². The van der Waals surface area contributed by atoms with Gasteiger partial charge in [-0.1, -0.05) is 36.4 Å². The topological polar surface area (TPSA) is 96.0 Å². The number of hydrogen-bond acceptors (Lipinski definition) is 5. The van der Waals surface area contributed by atoms with Gasteiger partial charge < -0.3 is 15.0 Å². The fraction of sp³-hybridized carbons (Fsp3) is 0.231. The molecule has 1 N–H and O–H groups in total. The van der Waals surface area contributed by atoms with Crippen molar-refractivity contribution >= 4 is 45.8 Å². The Morgan fingerprint density at radius 1 is 1.03 bits per heavy atom. The van der Waals surface area contributed by atoms with Crippen molar-refractivity contribution in [2.24, 2.45) is 0 Å². The molecule has 8 nitrogen and oxygen atoms in total. The monoisotopic (exact) mass is 457 g/mol. The lowest BCUT2D eigenvalue weighted by atomic mass is 9.98. The zero-order valence-corrected chi connectivity index (χ0v) is 18.8. The van der Waals surface area contributed by atoms with Gasteiger partial charge in [-0.05, 0) is 48.4 Å². The molecule has 8 heteroatoms. The van der Waals surface area contributed by atoms with Crippen LogP contribution in [0.1, 0.15) is 40.5 Å². The summed E-state index contributed by atoms with van der Waals surface area (Å²) in [5.41, 5.74) is 0.508. The Morgan fingerprint density at radius 3 is 2.44 bits per heavy atom. The van der Waals surface area contributed by atoms with Gasteiger partial charge >= 0.3 is 5.97 Å². The van der Waals surface area contributed by atoms with Crippen molar-refractivity contribution in [1.29, 1.82) is 0 Å². The van der Waals surface area contributed by atoms with E-state index in [1.54, 1.807) is 48.2 Å². The number of carbonyl (C=O) groups is 4. The molecular weight excluding hydrogens is 434 g/mol. The predicted octanol–water partition coefficient (Wildman–Crippen LogP) is 3.56. The van der Waals surface area contributed by atoms with E-state index in [4.69, 9.17) is 4.74 Å². The van der Waals surface area contributed by atoms with E-state index in [2.05, 4.69) is 5.32 Å². The van der Waals surface area contributed by atoms with Crippen LogP contribution >= 0.6 is 0 Å². The van der Waals surface area contributed by atoms with Crippen LogP contribution in [0.3, 0.4) is 0 Å². The number of fused-ring (bicyclic) bond motifs is 4. The molecule has 2 heterocycles. The summed E-state index contributed by atoms with van der Waals surface area (Å²) in [5, 5.41) is 4.45. The number of rotatable bonds is 4. The van der Waals surface area contributed by atoms with Gasteiger partial charge in [-0.3, -0.25) is 19.3 Å². The largest absolute Gasteiger partial charge is 0.465 e. The lowest BCUT2D eigenvalue weighted by Crippen LogP contribution is -2.63. The number of esters is 1. The van der Waals surface area contributed by atoms with Crippen LogP contribution < -0.4 is 10.2 Å². The molecule has 3 amide bonds. The van der Waals surface area contributed by atoms with Crippen LogP contribution in [0.15, 0.2) is 60.7 Å². The first-order valence-corrected chi connectivity index (χ1v) is 11.0. The number of anilines is 2. The number of para-hydroxylation sites is 1. The van der Waals surface area contributed by atoms with Crippen LogP contribution in [-0.4, -0.2) is 47.9 Å². The molecule has 2 aliphatic rings. The molecule has 0 radical (unpaired) electrons. The number of nitrogens with zero attached hydrogens (tertiary/aromatic N) is 2. The van der Waals surface area contributed by atoms with Gasteiger partial charge in [-0.15, -0.1) is 0 Å². The zero-order chi connectivity index (χ0) is 24.0. The molecule has 3 aromatic carbocycles. The molecule has 1 saturated heterocycles. The molecule has 0 aliphatic carbocycles. The van der Waals surface area contributed by atoms with Crippen LogP contribution in [0.5, 0.6) is 0 Å². The first kappa shape index (κ1) is 21.6. The molecule has 0 spiro atoms. The minimum absolute atomic E-state index is 0.0876. The van der Waals surface area contributed by atoms with Gasteiger partial charge in [-0.25, -0.2) is 4.79 Å². The molecule has 3 aromatic rings. The average molecular weight is 457 g/mol. The molecule has 0 bridgehead atoms. The Kier molecular flexibility index (Phi) is 5.08. The quantitative estimate of drug-likeness (QED) is 0.605. The summed E-state index contributed by atoms with van der Waals surface area (Å²) in [5.74, 6) is -1.46. The highest BCUT2D eigenvalue weighted by molar-refractivity contribution is 6.12. The molecule has 2 aliphatic heterocycles. The number of amides is 3. The average Bonchev–Trinajstić information content (AvgIpc) is 3.16. The Labute approximate surface area is 196 Å².